The fourth-order valence-corrected chi connectivity index (χ4v) is 4.41. The smallest absolute Gasteiger partial charge is 0.261 e. The van der Waals surface area contributed by atoms with E-state index in [9.17, 15) is 13.2 Å². The number of benzene rings is 2. The van der Waals surface area contributed by atoms with E-state index in [1.165, 1.54) is 0 Å². The highest BCUT2D eigenvalue weighted by molar-refractivity contribution is 7.88. The number of hydrogen-bond acceptors (Lipinski definition) is 4. The van der Waals surface area contributed by atoms with Gasteiger partial charge in [0.05, 0.1) is 10.8 Å². The summed E-state index contributed by atoms with van der Waals surface area (Å²) in [6.07, 6.45) is -0.750. The molecule has 0 saturated heterocycles. The molecule has 29 heavy (non-hydrogen) atoms. The van der Waals surface area contributed by atoms with Gasteiger partial charge in [-0.15, -0.1) is 0 Å². The lowest BCUT2D eigenvalue weighted by Gasteiger charge is -2.16. The van der Waals surface area contributed by atoms with Gasteiger partial charge in [0.2, 0.25) is 10.0 Å². The highest BCUT2D eigenvalue weighted by Gasteiger charge is 2.16. The summed E-state index contributed by atoms with van der Waals surface area (Å²) in [5.41, 5.74) is 1.51. The molecule has 2 rings (SSSR count). The van der Waals surface area contributed by atoms with Crippen LogP contribution in [-0.2, 0) is 27.1 Å². The fourth-order valence-electron chi connectivity index (χ4n) is 2.52. The highest BCUT2D eigenvalue weighted by atomic mass is 35.5. The van der Waals surface area contributed by atoms with Crippen LogP contribution in [0.2, 0.25) is 10.0 Å². The molecule has 0 bridgehead atoms. The maximum atomic E-state index is 12.3. The van der Waals surface area contributed by atoms with E-state index in [1.807, 2.05) is 0 Å². The summed E-state index contributed by atoms with van der Waals surface area (Å²) in [6.45, 7) is 5.46. The van der Waals surface area contributed by atoms with Crippen LogP contribution in [-0.4, -0.2) is 26.5 Å². The summed E-state index contributed by atoms with van der Waals surface area (Å²) in [5.74, 6) is -0.0204. The molecule has 0 radical (unpaired) electrons. The second kappa shape index (κ2) is 10.3. The van der Waals surface area contributed by atoms with Gasteiger partial charge in [-0.25, -0.2) is 13.1 Å². The van der Waals surface area contributed by atoms with Crippen LogP contribution >= 0.6 is 23.2 Å². The number of carbonyl (C=O) groups excluding carboxylic acids is 1. The van der Waals surface area contributed by atoms with Crippen LogP contribution in [0, 0.1) is 0 Å². The number of rotatable bonds is 9. The first-order valence-corrected chi connectivity index (χ1v) is 11.4. The minimum atomic E-state index is -3.38. The van der Waals surface area contributed by atoms with Crippen LogP contribution in [0.1, 0.15) is 31.9 Å². The van der Waals surface area contributed by atoms with Crippen LogP contribution in [0.5, 0.6) is 5.75 Å². The number of sulfonamides is 1. The molecule has 0 aliphatic heterocycles. The first kappa shape index (κ1) is 23.5. The van der Waals surface area contributed by atoms with Crippen molar-refractivity contribution in [3.63, 3.8) is 0 Å². The Morgan fingerprint density at radius 1 is 1.03 bits per heavy atom. The number of amides is 1. The highest BCUT2D eigenvalue weighted by Crippen LogP contribution is 2.28. The van der Waals surface area contributed by atoms with Crippen molar-refractivity contribution in [3.8, 4) is 5.75 Å². The molecule has 1 atom stereocenters. The zero-order valence-electron chi connectivity index (χ0n) is 16.4. The molecule has 158 valence electrons. The Morgan fingerprint density at radius 3 is 2.24 bits per heavy atom. The average Bonchev–Trinajstić information content (AvgIpc) is 2.61. The van der Waals surface area contributed by atoms with Crippen molar-refractivity contribution in [3.05, 3.63) is 63.6 Å². The number of halogens is 2. The monoisotopic (exact) mass is 458 g/mol. The Labute approximate surface area is 181 Å². The van der Waals surface area contributed by atoms with Crippen LogP contribution in [0.4, 0.5) is 0 Å². The molecule has 0 spiro atoms. The molecule has 9 heteroatoms. The van der Waals surface area contributed by atoms with E-state index in [0.717, 1.165) is 5.56 Å². The van der Waals surface area contributed by atoms with E-state index < -0.39 is 16.1 Å². The molecule has 2 N–H and O–H groups in total. The summed E-state index contributed by atoms with van der Waals surface area (Å²) in [7, 11) is -3.38. The molecular formula is C20H24Cl2N2O4S. The number of hydrogen-bond donors (Lipinski definition) is 2. The van der Waals surface area contributed by atoms with Gasteiger partial charge in [-0.05, 0) is 50.1 Å². The molecule has 0 saturated carbocycles. The minimum Gasteiger partial charge on any atom is -0.479 e. The van der Waals surface area contributed by atoms with Gasteiger partial charge in [0, 0.05) is 17.6 Å². The molecule has 1 amide bonds. The lowest BCUT2D eigenvalue weighted by atomic mass is 10.1. The molecule has 0 aliphatic rings. The van der Waals surface area contributed by atoms with Crippen LogP contribution in [0.15, 0.2) is 42.5 Å². The van der Waals surface area contributed by atoms with Crippen LogP contribution in [0.3, 0.4) is 0 Å². The van der Waals surface area contributed by atoms with Crippen molar-refractivity contribution in [1.82, 2.24) is 10.0 Å². The van der Waals surface area contributed by atoms with Crippen molar-refractivity contribution in [2.24, 2.45) is 0 Å². The van der Waals surface area contributed by atoms with Crippen molar-refractivity contribution in [1.29, 1.82) is 0 Å². The predicted molar refractivity (Wildman–Crippen MR) is 116 cm³/mol. The summed E-state index contributed by atoms with van der Waals surface area (Å²) >= 11 is 11.9. The number of ether oxygens (including phenoxy) is 1. The zero-order chi connectivity index (χ0) is 21.6. The average molecular weight is 459 g/mol. The van der Waals surface area contributed by atoms with Crippen molar-refractivity contribution in [2.45, 2.75) is 45.2 Å². The Bertz CT molecular complexity index is 947. The van der Waals surface area contributed by atoms with E-state index in [-0.39, 0.29) is 24.2 Å². The van der Waals surface area contributed by atoms with Crippen LogP contribution in [0.25, 0.3) is 0 Å². The Kier molecular flexibility index (Phi) is 8.34. The van der Waals surface area contributed by atoms with E-state index in [2.05, 4.69) is 10.0 Å². The van der Waals surface area contributed by atoms with Crippen LogP contribution < -0.4 is 14.8 Å². The topological polar surface area (TPSA) is 84.5 Å². The molecule has 0 heterocycles. The summed E-state index contributed by atoms with van der Waals surface area (Å²) in [5, 5.41) is 3.59. The van der Waals surface area contributed by atoms with Crippen molar-refractivity contribution in [2.75, 3.05) is 0 Å². The molecular weight excluding hydrogens is 435 g/mol. The van der Waals surface area contributed by atoms with Gasteiger partial charge < -0.3 is 10.1 Å². The van der Waals surface area contributed by atoms with Gasteiger partial charge >= 0.3 is 0 Å². The first-order valence-electron chi connectivity index (χ1n) is 9.03. The van der Waals surface area contributed by atoms with Crippen molar-refractivity contribution < 1.29 is 17.9 Å². The molecule has 2 aromatic rings. The molecule has 0 aromatic heterocycles. The third-order valence-electron chi connectivity index (χ3n) is 3.83. The fraction of sp³-hybridized carbons (Fsp3) is 0.350. The Morgan fingerprint density at radius 2 is 1.66 bits per heavy atom. The van der Waals surface area contributed by atoms with Gasteiger partial charge in [-0.3, -0.25) is 4.79 Å². The molecule has 0 unspecified atom stereocenters. The molecule has 0 fully saturated rings. The lowest BCUT2D eigenvalue weighted by molar-refractivity contribution is -0.127. The molecule has 0 aliphatic carbocycles. The van der Waals surface area contributed by atoms with Gasteiger partial charge in [0.1, 0.15) is 5.75 Å². The summed E-state index contributed by atoms with van der Waals surface area (Å²) in [6, 6.07) is 11.6. The Balaban J connectivity index is 1.88. The molecule has 6 nitrogen and oxygen atoms in total. The maximum Gasteiger partial charge on any atom is 0.261 e. The van der Waals surface area contributed by atoms with Crippen molar-refractivity contribution >= 4 is 39.1 Å². The molecule has 2 aromatic carbocycles. The third-order valence-corrected chi connectivity index (χ3v) is 5.90. The minimum absolute atomic E-state index is 0.0927. The maximum absolute atomic E-state index is 12.3. The second-order valence-electron chi connectivity index (χ2n) is 6.90. The summed E-state index contributed by atoms with van der Waals surface area (Å²) < 4.78 is 32.1. The van der Waals surface area contributed by atoms with Gasteiger partial charge in [0.25, 0.3) is 5.91 Å². The number of carbonyl (C=O) groups is 1. The van der Waals surface area contributed by atoms with E-state index in [1.54, 1.807) is 63.2 Å². The quantitative estimate of drug-likeness (QED) is 0.596. The normalized spacial score (nSPS) is 12.6. The van der Waals surface area contributed by atoms with Gasteiger partial charge in [-0.2, -0.15) is 0 Å². The first-order chi connectivity index (χ1) is 13.6. The third kappa shape index (κ3) is 7.85. The summed E-state index contributed by atoms with van der Waals surface area (Å²) in [4.78, 5) is 12.3. The number of nitrogens with one attached hydrogen (secondary N) is 2. The predicted octanol–water partition coefficient (Wildman–Crippen LogP) is 3.90. The van der Waals surface area contributed by atoms with E-state index in [4.69, 9.17) is 27.9 Å². The van der Waals surface area contributed by atoms with E-state index in [0.29, 0.717) is 21.4 Å². The SMILES string of the molecule is CC(C)NS(=O)(=O)Cc1ccc(CNC(=O)[C@@H](C)Oc2ccc(Cl)cc2Cl)cc1. The second-order valence-corrected chi connectivity index (χ2v) is 9.50. The standard InChI is InChI=1S/C20H24Cl2N2O4S/c1-13(2)24-29(26,27)12-16-6-4-15(5-7-16)11-23-20(25)14(3)28-19-9-8-17(21)10-18(19)22/h4-10,13-14,24H,11-12H2,1-3H3,(H,23,25)/t14-/m1/s1. The largest absolute Gasteiger partial charge is 0.479 e. The zero-order valence-corrected chi connectivity index (χ0v) is 18.7. The lowest BCUT2D eigenvalue weighted by Crippen LogP contribution is -2.36. The Hall–Kier alpha value is -1.80. The van der Waals surface area contributed by atoms with Gasteiger partial charge in [-0.1, -0.05) is 47.5 Å². The van der Waals surface area contributed by atoms with Gasteiger partial charge in [0.15, 0.2) is 6.10 Å². The van der Waals surface area contributed by atoms with E-state index >= 15 is 0 Å².